The third-order valence-corrected chi connectivity index (χ3v) is 17.1. The van der Waals surface area contributed by atoms with Crippen LogP contribution in [0.1, 0.15) is 13.8 Å². The van der Waals surface area contributed by atoms with Crippen molar-refractivity contribution in [2.45, 2.75) is 66.1 Å². The zero-order valence-electron chi connectivity index (χ0n) is 23.8. The van der Waals surface area contributed by atoms with E-state index in [0.29, 0.717) is 13.2 Å². The maximum Gasteiger partial charge on any atom is 0.369 e. The lowest BCUT2D eigenvalue weighted by Gasteiger charge is -2.28. The van der Waals surface area contributed by atoms with Crippen LogP contribution >= 0.6 is 47.0 Å². The molecule has 4 aromatic carbocycles. The summed E-state index contributed by atoms with van der Waals surface area (Å²) in [6, 6.07) is 29.7. The number of benzene rings is 4. The van der Waals surface area contributed by atoms with E-state index in [1.807, 2.05) is 43.4 Å². The average Bonchev–Trinajstić information content (AvgIpc) is 2.99. The lowest BCUT2D eigenvalue weighted by atomic mass is 10.3. The Balaban J connectivity index is 0.000000166. The number of rotatable bonds is 7. The van der Waals surface area contributed by atoms with Gasteiger partial charge in [0.2, 0.25) is 0 Å². The quantitative estimate of drug-likeness (QED) is 0.175. The second-order valence-corrected chi connectivity index (χ2v) is 20.0. The molecule has 1 unspecified atom stereocenters. The molecule has 2 aliphatic rings. The topological polar surface area (TPSA) is 47.9 Å². The van der Waals surface area contributed by atoms with E-state index in [1.54, 1.807) is 37.2 Å². The Morgan fingerprint density at radius 1 is 0.561 bits per heavy atom. The summed E-state index contributed by atoms with van der Waals surface area (Å²) in [4.78, 5) is 20.6. The van der Waals surface area contributed by atoms with E-state index in [4.69, 9.17) is 13.3 Å². The normalized spacial score (nSPS) is 14.9. The fourth-order valence-corrected chi connectivity index (χ4v) is 12.6. The predicted octanol–water partition coefficient (Wildman–Crippen LogP) is 7.87. The van der Waals surface area contributed by atoms with Crippen molar-refractivity contribution in [2.24, 2.45) is 0 Å². The van der Waals surface area contributed by atoms with Gasteiger partial charge in [0.25, 0.3) is 0 Å². The number of hydrogen-bond donors (Lipinski definition) is 1. The molecule has 1 N–H and O–H groups in total. The van der Waals surface area contributed by atoms with Crippen molar-refractivity contribution in [1.29, 1.82) is 0 Å². The third-order valence-electron chi connectivity index (χ3n) is 6.76. The summed E-state index contributed by atoms with van der Waals surface area (Å²) in [6.07, 6.45) is 0. The van der Waals surface area contributed by atoms with Crippen LogP contribution in [0.2, 0.25) is 13.1 Å². The number of hydrogen-bond acceptors (Lipinski definition) is 8. The fraction of sp³-hybridized carbons (Fsp3) is 0.226. The summed E-state index contributed by atoms with van der Waals surface area (Å²) in [5, 5.41) is 2.13. The van der Waals surface area contributed by atoms with E-state index >= 15 is 0 Å². The second kappa shape index (κ2) is 13.5. The standard InChI is InChI=1S/C17H20O2S2Si.C14H14O2S2Si/c1-4-18-22(3,19-5-2)13-10-11-16-17(12-13)21-15-9-7-6-8-14(15)20-16;1-16-19(2,15)10-7-8-13-14(9-10)18-12-6-4-3-5-11(12)17-13/h6-12H,4-5H2,1-3H3;3-9,15H,1-2H3. The van der Waals surface area contributed by atoms with Gasteiger partial charge in [-0.15, -0.1) is 0 Å². The van der Waals surface area contributed by atoms with Crippen LogP contribution in [0, 0.1) is 0 Å². The summed E-state index contributed by atoms with van der Waals surface area (Å²) in [7, 11) is -3.45. The third kappa shape index (κ3) is 7.04. The molecule has 2 aliphatic heterocycles. The molecule has 0 bridgehead atoms. The van der Waals surface area contributed by atoms with E-state index in [0.717, 1.165) is 5.19 Å². The van der Waals surface area contributed by atoms with Crippen LogP contribution in [-0.4, -0.2) is 42.2 Å². The Morgan fingerprint density at radius 3 is 1.34 bits per heavy atom. The van der Waals surface area contributed by atoms with Gasteiger partial charge in [0.05, 0.1) is 0 Å². The minimum atomic E-state index is -2.73. The molecule has 0 fully saturated rings. The minimum Gasteiger partial charge on any atom is -0.407 e. The van der Waals surface area contributed by atoms with Crippen molar-refractivity contribution in [1.82, 2.24) is 0 Å². The highest BCUT2D eigenvalue weighted by Gasteiger charge is 2.35. The molecular formula is C31H34O4S4Si2. The molecule has 1 atom stereocenters. The molecule has 0 saturated heterocycles. The van der Waals surface area contributed by atoms with Crippen molar-refractivity contribution in [3.05, 3.63) is 84.9 Å². The van der Waals surface area contributed by atoms with Gasteiger partial charge in [-0.3, -0.25) is 0 Å². The molecule has 41 heavy (non-hydrogen) atoms. The molecule has 4 nitrogen and oxygen atoms in total. The minimum absolute atomic E-state index is 0.685. The van der Waals surface area contributed by atoms with E-state index in [-0.39, 0.29) is 0 Å². The first-order valence-electron chi connectivity index (χ1n) is 13.5. The lowest BCUT2D eigenvalue weighted by molar-refractivity contribution is 0.202. The molecule has 10 heteroatoms. The highest BCUT2D eigenvalue weighted by molar-refractivity contribution is 8.05. The Morgan fingerprint density at radius 2 is 0.927 bits per heavy atom. The van der Waals surface area contributed by atoms with Gasteiger partial charge in [0, 0.05) is 59.5 Å². The molecule has 2 heterocycles. The molecule has 214 valence electrons. The fourth-order valence-electron chi connectivity index (χ4n) is 4.50. The summed E-state index contributed by atoms with van der Waals surface area (Å²) in [5.74, 6) is 0. The van der Waals surface area contributed by atoms with Crippen LogP contribution in [0.4, 0.5) is 0 Å². The largest absolute Gasteiger partial charge is 0.407 e. The summed E-state index contributed by atoms with van der Waals surface area (Å²) in [5.41, 5.74) is 0. The Hall–Kier alpha value is -1.45. The molecular weight excluding hydrogens is 621 g/mol. The van der Waals surface area contributed by atoms with E-state index in [1.165, 1.54) is 44.4 Å². The van der Waals surface area contributed by atoms with Crippen molar-refractivity contribution in [2.75, 3.05) is 20.3 Å². The van der Waals surface area contributed by atoms with Crippen LogP contribution in [0.15, 0.2) is 124 Å². The monoisotopic (exact) mass is 654 g/mol. The van der Waals surface area contributed by atoms with E-state index < -0.39 is 17.1 Å². The molecule has 6 rings (SSSR count). The van der Waals surface area contributed by atoms with Crippen molar-refractivity contribution < 1.29 is 18.1 Å². The van der Waals surface area contributed by atoms with Crippen LogP contribution < -0.4 is 10.4 Å². The first-order valence-corrected chi connectivity index (χ1v) is 21.4. The predicted molar refractivity (Wildman–Crippen MR) is 177 cm³/mol. The maximum atomic E-state index is 10.3. The summed E-state index contributed by atoms with van der Waals surface area (Å²) < 4.78 is 17.3. The van der Waals surface area contributed by atoms with Gasteiger partial charge in [-0.1, -0.05) is 83.4 Å². The molecule has 0 spiro atoms. The SMILES string of the molecule is CCO[Si](C)(OCC)c1ccc2c(c1)Sc1ccccc1S2.CO[Si](C)(O)c1ccc2c(c1)Sc1ccccc1S2. The van der Waals surface area contributed by atoms with Crippen LogP contribution in [0.3, 0.4) is 0 Å². The van der Waals surface area contributed by atoms with E-state index in [9.17, 15) is 4.80 Å². The Kier molecular flexibility index (Phi) is 10.2. The van der Waals surface area contributed by atoms with E-state index in [2.05, 4.69) is 85.4 Å². The van der Waals surface area contributed by atoms with Gasteiger partial charge in [0.15, 0.2) is 0 Å². The summed E-state index contributed by atoms with van der Waals surface area (Å²) in [6.45, 7) is 9.36. The van der Waals surface area contributed by atoms with Crippen molar-refractivity contribution in [3.8, 4) is 0 Å². The maximum absolute atomic E-state index is 10.3. The molecule has 0 amide bonds. The van der Waals surface area contributed by atoms with Gasteiger partial charge >= 0.3 is 17.1 Å². The van der Waals surface area contributed by atoms with Gasteiger partial charge in [-0.05, 0) is 85.8 Å². The zero-order chi connectivity index (χ0) is 29.0. The first-order chi connectivity index (χ1) is 19.8. The highest BCUT2D eigenvalue weighted by Crippen LogP contribution is 2.49. The van der Waals surface area contributed by atoms with Gasteiger partial charge < -0.3 is 18.1 Å². The van der Waals surface area contributed by atoms with Crippen LogP contribution in [-0.2, 0) is 13.3 Å². The van der Waals surface area contributed by atoms with Crippen molar-refractivity contribution in [3.63, 3.8) is 0 Å². The highest BCUT2D eigenvalue weighted by atomic mass is 32.2. The molecule has 4 aromatic rings. The number of fused-ring (bicyclic) bond motifs is 4. The van der Waals surface area contributed by atoms with Crippen LogP contribution in [0.25, 0.3) is 0 Å². The average molecular weight is 655 g/mol. The molecule has 0 aliphatic carbocycles. The van der Waals surface area contributed by atoms with Crippen molar-refractivity contribution >= 4 is 74.5 Å². The summed E-state index contributed by atoms with van der Waals surface area (Å²) >= 11 is 7.22. The molecule has 0 radical (unpaired) electrons. The second-order valence-electron chi connectivity index (χ2n) is 9.62. The molecule has 0 aromatic heterocycles. The smallest absolute Gasteiger partial charge is 0.369 e. The Labute approximate surface area is 262 Å². The van der Waals surface area contributed by atoms with Gasteiger partial charge in [-0.25, -0.2) is 0 Å². The van der Waals surface area contributed by atoms with Gasteiger partial charge in [-0.2, -0.15) is 0 Å². The lowest BCUT2D eigenvalue weighted by Crippen LogP contribution is -2.51. The van der Waals surface area contributed by atoms with Crippen LogP contribution in [0.5, 0.6) is 0 Å². The zero-order valence-corrected chi connectivity index (χ0v) is 29.1. The van der Waals surface area contributed by atoms with Gasteiger partial charge in [0.1, 0.15) is 0 Å². The molecule has 0 saturated carbocycles. The Bertz CT molecular complexity index is 1530. The first kappa shape index (κ1) is 31.0.